The number of hydrogen-bond donors (Lipinski definition) is 0. The van der Waals surface area contributed by atoms with Gasteiger partial charge in [-0.25, -0.2) is 0 Å². The Morgan fingerprint density at radius 1 is 0.429 bits per heavy atom. The van der Waals surface area contributed by atoms with Crippen molar-refractivity contribution in [3.05, 3.63) is 0 Å². The molecule has 0 aromatic carbocycles. The van der Waals surface area contributed by atoms with E-state index in [1.807, 2.05) is 0 Å². The summed E-state index contributed by atoms with van der Waals surface area (Å²) in [7, 11) is -13.1. The summed E-state index contributed by atoms with van der Waals surface area (Å²) in [5.41, 5.74) is 0. The summed E-state index contributed by atoms with van der Waals surface area (Å²) in [6.45, 7) is 0. The van der Waals surface area contributed by atoms with Crippen LogP contribution in [0.25, 0.3) is 0 Å². The fourth-order valence-electron chi connectivity index (χ4n) is 0.679. The molecule has 0 radical (unpaired) electrons. The molecule has 0 spiro atoms. The summed E-state index contributed by atoms with van der Waals surface area (Å²) in [5.74, 6) is 0. The molecule has 0 atom stereocenters. The maximum absolute atomic E-state index is 11.0. The summed E-state index contributed by atoms with van der Waals surface area (Å²) in [6, 6.07) is 0. The summed E-state index contributed by atoms with van der Waals surface area (Å²) >= 11 is -6.74. The van der Waals surface area contributed by atoms with Crippen molar-refractivity contribution in [3.63, 3.8) is 0 Å². The zero-order chi connectivity index (χ0) is 12.9. The molecule has 35 heavy (non-hydrogen) atoms. The van der Waals surface area contributed by atoms with Crippen molar-refractivity contribution in [1.29, 1.82) is 0 Å². The van der Waals surface area contributed by atoms with Crippen molar-refractivity contribution in [2.75, 3.05) is 0 Å². The van der Waals surface area contributed by atoms with Crippen molar-refractivity contribution in [3.8, 4) is 0 Å². The quantitative estimate of drug-likeness (QED) is 0.239. The number of hydrogen-bond acceptors (Lipinski definition) is 24. The number of rotatable bonds is 4. The summed E-state index contributed by atoms with van der Waals surface area (Å²) < 4.78 is 87.1. The van der Waals surface area contributed by atoms with Gasteiger partial charge in [-0.1, -0.05) is 0 Å². The third kappa shape index (κ3) is 46.3. The van der Waals surface area contributed by atoms with E-state index in [2.05, 4.69) is 19.4 Å². The van der Waals surface area contributed by atoms with Gasteiger partial charge in [-0.2, -0.15) is 25.3 Å². The molecular formula is H12Al2Ca6O24S3. The Hall–Kier alpha value is 7.75. The zero-order valence-electron chi connectivity index (χ0n) is 16.9. The molecule has 2 heterocycles. The van der Waals surface area contributed by atoms with Gasteiger partial charge in [0.1, 0.15) is 0 Å². The van der Waals surface area contributed by atoms with E-state index >= 15 is 0 Å². The van der Waals surface area contributed by atoms with E-state index in [1.165, 1.54) is 0 Å². The van der Waals surface area contributed by atoms with Crippen LogP contribution in [-0.2, 0) is 50.6 Å². The first-order chi connectivity index (χ1) is 7.57. The SMILES string of the molecule is O=S1(=O)[O][Al]([O]S(=O)(=O)[O][Al]2[O]S(=O)(=O)[O]2)[O]1.[Ca+2].[Ca+2].[Ca+2].[Ca+2].[Ca+2].[Ca+2].[OH-].[OH-].[OH-].[OH-].[OH-].[OH-].[OH-].[OH-].[OH-].[OH-].[OH-].[OH-]. The molecule has 2 aliphatic rings. The zero-order valence-corrected chi connectivity index (χ0v) is 34.9. The Morgan fingerprint density at radius 3 is 0.686 bits per heavy atom. The topological polar surface area (TPSA) is 518 Å². The molecule has 0 aliphatic carbocycles. The molecule has 24 nitrogen and oxygen atoms in total. The second kappa shape index (κ2) is 48.7. The molecule has 192 valence electrons. The van der Waals surface area contributed by atoms with Crippen LogP contribution in [0.15, 0.2) is 0 Å². The smallest absolute Gasteiger partial charge is 0.870 e. The predicted molar refractivity (Wildman–Crippen MR) is 103 cm³/mol. The third-order valence-electron chi connectivity index (χ3n) is 1.18. The minimum atomic E-state index is -4.71. The molecule has 0 saturated carbocycles. The van der Waals surface area contributed by atoms with E-state index in [-0.39, 0.29) is 292 Å². The maximum atomic E-state index is 11.0. The third-order valence-corrected chi connectivity index (χ3v) is 10.6. The van der Waals surface area contributed by atoms with Gasteiger partial charge in [-0.15, -0.1) is 0 Å². The second-order valence-electron chi connectivity index (χ2n) is 2.38. The van der Waals surface area contributed by atoms with Crippen molar-refractivity contribution in [2.45, 2.75) is 0 Å². The average molecular weight is 787 g/mol. The molecule has 2 aliphatic heterocycles. The van der Waals surface area contributed by atoms with Crippen LogP contribution in [0.4, 0.5) is 0 Å². The molecule has 2 rings (SSSR count). The van der Waals surface area contributed by atoms with Crippen molar-refractivity contribution in [1.82, 2.24) is 0 Å². The predicted octanol–water partition coefficient (Wildman–Crippen LogP) is -7.59. The van der Waals surface area contributed by atoms with Gasteiger partial charge >= 0.3 is 288 Å². The first-order valence-corrected chi connectivity index (χ1v) is 10.2. The second-order valence-corrected chi connectivity index (χ2v) is 10.6. The van der Waals surface area contributed by atoms with Gasteiger partial charge in [0, 0.05) is 0 Å². The Kier molecular flexibility index (Phi) is 156. The van der Waals surface area contributed by atoms with E-state index in [9.17, 15) is 25.3 Å². The minimum Gasteiger partial charge on any atom is -0.870 e. The minimum absolute atomic E-state index is 0. The van der Waals surface area contributed by atoms with Crippen LogP contribution < -0.4 is 0 Å². The standard InChI is InChI=1S/2Al.6Ca.3H2O4S.12H2O/c;;;;;;;;3*1-5(2,3)4;;;;;;;;;;;;/h;;;;;;;;3*(H2,1,2,3,4);12*1H2/q2*+3;6*+2;;;;;;;;;;;;;;;/p-18. The molecule has 2 fully saturated rings. The van der Waals surface area contributed by atoms with E-state index in [1.54, 1.807) is 0 Å². The normalized spacial score (nSPS) is 12.7. The van der Waals surface area contributed by atoms with Crippen molar-refractivity contribution >= 4 is 288 Å². The van der Waals surface area contributed by atoms with Crippen LogP contribution in [0.2, 0.25) is 0 Å². The first-order valence-electron chi connectivity index (χ1n) is 3.41. The Labute approximate surface area is 388 Å². The Morgan fingerprint density at radius 2 is 0.571 bits per heavy atom. The van der Waals surface area contributed by atoms with Gasteiger partial charge in [-0.05, 0) is 0 Å². The van der Waals surface area contributed by atoms with Gasteiger partial charge in [0.05, 0.1) is 0 Å². The molecule has 0 aromatic rings. The van der Waals surface area contributed by atoms with E-state index in [0.717, 1.165) is 0 Å². The van der Waals surface area contributed by atoms with Gasteiger partial charge < -0.3 is 85.1 Å². The van der Waals surface area contributed by atoms with Gasteiger partial charge in [-0.3, -0.25) is 0 Å². The van der Waals surface area contributed by atoms with Crippen LogP contribution in [0.5, 0.6) is 0 Å². The molecule has 12 N–H and O–H groups in total. The monoisotopic (exact) mass is 786 g/mol. The molecule has 2 saturated heterocycles. The molecular weight excluding hydrogens is 775 g/mol. The molecule has 35 heteroatoms. The van der Waals surface area contributed by atoms with Crippen LogP contribution in [0.3, 0.4) is 0 Å². The maximum Gasteiger partial charge on any atom is 2.00 e. The average Bonchev–Trinajstić information content (AvgIpc) is 1.94. The van der Waals surface area contributed by atoms with Crippen LogP contribution in [0.1, 0.15) is 0 Å². The van der Waals surface area contributed by atoms with Crippen LogP contribution >= 0.6 is 0 Å². The summed E-state index contributed by atoms with van der Waals surface area (Å²) in [6.07, 6.45) is 0. The first kappa shape index (κ1) is 112. The molecule has 0 unspecified atom stereocenters. The molecule has 0 bridgehead atoms. The summed E-state index contributed by atoms with van der Waals surface area (Å²) in [5, 5.41) is 0. The Bertz CT molecular complexity index is 560. The van der Waals surface area contributed by atoms with Gasteiger partial charge in [0.25, 0.3) is 0 Å². The van der Waals surface area contributed by atoms with E-state index < -0.39 is 61.5 Å². The molecule has 0 amide bonds. The van der Waals surface area contributed by atoms with Crippen molar-refractivity contribution in [2.24, 2.45) is 0 Å². The summed E-state index contributed by atoms with van der Waals surface area (Å²) in [4.78, 5) is 0. The Balaban J connectivity index is -0.0000000120. The van der Waals surface area contributed by atoms with E-state index in [4.69, 9.17) is 0 Å². The van der Waals surface area contributed by atoms with Crippen molar-refractivity contribution < 1.29 is 110 Å². The fourth-order valence-corrected chi connectivity index (χ4v) is 7.67. The van der Waals surface area contributed by atoms with Crippen LogP contribution in [0, 0.1) is 0 Å². The van der Waals surface area contributed by atoms with Gasteiger partial charge in [0.2, 0.25) is 0 Å². The molecule has 0 aromatic heterocycles. The fraction of sp³-hybridized carbons (Fsp3) is 0. The van der Waals surface area contributed by atoms with E-state index in [0.29, 0.717) is 0 Å². The van der Waals surface area contributed by atoms with Gasteiger partial charge in [0.15, 0.2) is 0 Å². The van der Waals surface area contributed by atoms with Crippen LogP contribution in [-0.4, -0.2) is 348 Å². The largest absolute Gasteiger partial charge is 2.00 e.